The molecule has 256 valence electrons. The van der Waals surface area contributed by atoms with E-state index in [1.807, 2.05) is 6.20 Å². The quantitative estimate of drug-likeness (QED) is 0.167. The van der Waals surface area contributed by atoms with Crippen molar-refractivity contribution in [3.8, 4) is 50.3 Å². The van der Waals surface area contributed by atoms with E-state index in [2.05, 4.69) is 199 Å². The Hall–Kier alpha value is -7.36. The molecule has 55 heavy (non-hydrogen) atoms. The van der Waals surface area contributed by atoms with Gasteiger partial charge in [-0.15, -0.1) is 0 Å². The van der Waals surface area contributed by atoms with Crippen LogP contribution in [0.4, 0.5) is 0 Å². The fraction of sp³-hybridized carbons (Fsp3) is 0. The molecule has 0 atom stereocenters. The van der Waals surface area contributed by atoms with Crippen LogP contribution in [-0.2, 0) is 0 Å². The molecule has 0 saturated heterocycles. The van der Waals surface area contributed by atoms with Gasteiger partial charge in [0.05, 0.1) is 34.0 Å². The first-order chi connectivity index (χ1) is 27.3. The van der Waals surface area contributed by atoms with Crippen LogP contribution in [-0.4, -0.2) is 14.5 Å². The number of nitrogens with zero attached hydrogens (tertiary/aromatic N) is 3. The molecule has 0 aliphatic heterocycles. The third-order valence-corrected chi connectivity index (χ3v) is 11.1. The van der Waals surface area contributed by atoms with E-state index in [1.165, 1.54) is 66.0 Å². The molecule has 3 nitrogen and oxygen atoms in total. The molecule has 0 bridgehead atoms. The normalized spacial score (nSPS) is 11.6. The van der Waals surface area contributed by atoms with Gasteiger partial charge in [0, 0.05) is 32.8 Å². The van der Waals surface area contributed by atoms with E-state index >= 15 is 0 Å². The second-order valence-corrected chi connectivity index (χ2v) is 14.2. The van der Waals surface area contributed by atoms with E-state index in [9.17, 15) is 0 Å². The van der Waals surface area contributed by atoms with Gasteiger partial charge in [0.15, 0.2) is 0 Å². The lowest BCUT2D eigenvalue weighted by Crippen LogP contribution is -1.94. The third kappa shape index (κ3) is 5.20. The van der Waals surface area contributed by atoms with Gasteiger partial charge >= 0.3 is 0 Å². The number of para-hydroxylation sites is 2. The maximum atomic E-state index is 5.17. The summed E-state index contributed by atoms with van der Waals surface area (Å²) >= 11 is 0. The molecule has 0 spiro atoms. The van der Waals surface area contributed by atoms with Crippen LogP contribution in [0.3, 0.4) is 0 Å². The maximum absolute atomic E-state index is 5.17. The second kappa shape index (κ2) is 12.6. The van der Waals surface area contributed by atoms with Crippen molar-refractivity contribution in [3.05, 3.63) is 200 Å². The Morgan fingerprint density at radius 1 is 0.309 bits per heavy atom. The molecular weight excluding hydrogens is 667 g/mol. The van der Waals surface area contributed by atoms with Gasteiger partial charge in [-0.05, 0) is 68.4 Å². The minimum Gasteiger partial charge on any atom is -0.309 e. The Morgan fingerprint density at radius 2 is 0.727 bits per heavy atom. The first-order valence-electron chi connectivity index (χ1n) is 18.7. The Kier molecular flexibility index (Phi) is 7.17. The molecular formula is C52H33N3. The number of fused-ring (bicyclic) bond motifs is 9. The van der Waals surface area contributed by atoms with E-state index in [0.717, 1.165) is 38.8 Å². The molecule has 3 heteroatoms. The highest BCUT2D eigenvalue weighted by atomic mass is 15.0. The summed E-state index contributed by atoms with van der Waals surface area (Å²) in [5, 5.41) is 7.21. The van der Waals surface area contributed by atoms with E-state index in [4.69, 9.17) is 9.97 Å². The van der Waals surface area contributed by atoms with E-state index < -0.39 is 0 Å². The highest BCUT2D eigenvalue weighted by molar-refractivity contribution is 6.23. The zero-order valence-corrected chi connectivity index (χ0v) is 29.9. The first-order valence-corrected chi connectivity index (χ1v) is 18.7. The molecule has 0 N–H and O–H groups in total. The lowest BCUT2D eigenvalue weighted by atomic mass is 9.97. The molecule has 2 aromatic heterocycles. The average Bonchev–Trinajstić information content (AvgIpc) is 3.61. The van der Waals surface area contributed by atoms with Crippen molar-refractivity contribution in [2.45, 2.75) is 0 Å². The van der Waals surface area contributed by atoms with Crippen LogP contribution in [0.2, 0.25) is 0 Å². The minimum absolute atomic E-state index is 0.872. The summed E-state index contributed by atoms with van der Waals surface area (Å²) in [6, 6.07) is 69.5. The van der Waals surface area contributed by atoms with Gasteiger partial charge in [0.2, 0.25) is 0 Å². The van der Waals surface area contributed by atoms with E-state index in [1.54, 1.807) is 0 Å². The minimum atomic E-state index is 0.872. The number of benzene rings is 9. The van der Waals surface area contributed by atoms with Crippen LogP contribution in [0.1, 0.15) is 0 Å². The highest BCUT2D eigenvalue weighted by Gasteiger charge is 2.14. The lowest BCUT2D eigenvalue weighted by Gasteiger charge is -2.11. The Bertz CT molecular complexity index is 3140. The summed E-state index contributed by atoms with van der Waals surface area (Å²) < 4.78 is 2.37. The summed E-state index contributed by atoms with van der Waals surface area (Å²) in [4.78, 5) is 10.1. The van der Waals surface area contributed by atoms with Crippen LogP contribution < -0.4 is 0 Å². The fourth-order valence-corrected chi connectivity index (χ4v) is 8.33. The average molecular weight is 700 g/mol. The monoisotopic (exact) mass is 699 g/mol. The SMILES string of the molecule is c1cc(-c2ccc(-c3ccc(-c4ccc(-c5cnc6c7ccccc7c7ccccc7c6n5)cc4)cc3)cc2)cc(-n2c3ccccc3c3ccccc32)c1. The molecule has 0 unspecified atom stereocenters. The fourth-order valence-electron chi connectivity index (χ4n) is 8.33. The topological polar surface area (TPSA) is 30.7 Å². The molecule has 0 radical (unpaired) electrons. The van der Waals surface area contributed by atoms with E-state index in [-0.39, 0.29) is 0 Å². The molecule has 11 aromatic rings. The van der Waals surface area contributed by atoms with Crippen molar-refractivity contribution in [2.24, 2.45) is 0 Å². The zero-order chi connectivity index (χ0) is 36.3. The van der Waals surface area contributed by atoms with Crippen molar-refractivity contribution < 1.29 is 0 Å². The van der Waals surface area contributed by atoms with Gasteiger partial charge in [-0.1, -0.05) is 170 Å². The van der Waals surface area contributed by atoms with Gasteiger partial charge in [0.1, 0.15) is 0 Å². The molecule has 0 saturated carbocycles. The third-order valence-electron chi connectivity index (χ3n) is 11.1. The number of rotatable bonds is 5. The van der Waals surface area contributed by atoms with Gasteiger partial charge in [-0.3, -0.25) is 4.98 Å². The predicted molar refractivity (Wildman–Crippen MR) is 231 cm³/mol. The Morgan fingerprint density at radius 3 is 1.25 bits per heavy atom. The van der Waals surface area contributed by atoms with Gasteiger partial charge in [-0.25, -0.2) is 4.98 Å². The smallest absolute Gasteiger partial charge is 0.0979 e. The van der Waals surface area contributed by atoms with E-state index in [0.29, 0.717) is 0 Å². The van der Waals surface area contributed by atoms with Crippen molar-refractivity contribution in [1.29, 1.82) is 0 Å². The van der Waals surface area contributed by atoms with Crippen LogP contribution in [0, 0.1) is 0 Å². The largest absolute Gasteiger partial charge is 0.309 e. The van der Waals surface area contributed by atoms with Gasteiger partial charge < -0.3 is 4.57 Å². The Balaban J connectivity index is 0.852. The van der Waals surface area contributed by atoms with Gasteiger partial charge in [0.25, 0.3) is 0 Å². The van der Waals surface area contributed by atoms with Gasteiger partial charge in [-0.2, -0.15) is 0 Å². The lowest BCUT2D eigenvalue weighted by molar-refractivity contribution is 1.18. The molecule has 2 heterocycles. The highest BCUT2D eigenvalue weighted by Crippen LogP contribution is 2.36. The Labute approximate surface area is 318 Å². The molecule has 0 aliphatic carbocycles. The van der Waals surface area contributed by atoms with Crippen molar-refractivity contribution >= 4 is 54.4 Å². The summed E-state index contributed by atoms with van der Waals surface area (Å²) in [6.07, 6.45) is 1.90. The summed E-state index contributed by atoms with van der Waals surface area (Å²) in [7, 11) is 0. The van der Waals surface area contributed by atoms with Crippen LogP contribution in [0.25, 0.3) is 105 Å². The van der Waals surface area contributed by atoms with Crippen LogP contribution in [0.5, 0.6) is 0 Å². The molecule has 0 aliphatic rings. The first kappa shape index (κ1) is 31.2. The number of hydrogen-bond donors (Lipinski definition) is 0. The summed E-state index contributed by atoms with van der Waals surface area (Å²) in [5.41, 5.74) is 14.5. The second-order valence-electron chi connectivity index (χ2n) is 14.2. The molecule has 11 rings (SSSR count). The maximum Gasteiger partial charge on any atom is 0.0979 e. The van der Waals surface area contributed by atoms with Crippen LogP contribution >= 0.6 is 0 Å². The number of aromatic nitrogens is 3. The summed E-state index contributed by atoms with van der Waals surface area (Å²) in [5.74, 6) is 0. The number of hydrogen-bond acceptors (Lipinski definition) is 2. The van der Waals surface area contributed by atoms with Crippen molar-refractivity contribution in [2.75, 3.05) is 0 Å². The molecule has 9 aromatic carbocycles. The molecule has 0 fully saturated rings. The van der Waals surface area contributed by atoms with Crippen LogP contribution in [0.15, 0.2) is 200 Å². The van der Waals surface area contributed by atoms with Crippen molar-refractivity contribution in [3.63, 3.8) is 0 Å². The van der Waals surface area contributed by atoms with Crippen molar-refractivity contribution in [1.82, 2.24) is 14.5 Å². The summed E-state index contributed by atoms with van der Waals surface area (Å²) in [6.45, 7) is 0. The zero-order valence-electron chi connectivity index (χ0n) is 29.9. The predicted octanol–water partition coefficient (Wildman–Crippen LogP) is 13.7. The standard InChI is InChI=1S/C52H33N3/c1-3-16-46-42(12-1)43-13-2-4-17-47(43)52-51(46)53-33-48(54-52)39-30-28-37(29-31-39)35-22-20-34(21-23-35)36-24-26-38(27-25-36)40-10-9-11-41(32-40)55-49-18-7-5-14-44(49)45-15-6-8-19-50(45)55/h1-33H. The molecule has 0 amide bonds.